The van der Waals surface area contributed by atoms with Crippen molar-refractivity contribution in [2.24, 2.45) is 0 Å². The maximum absolute atomic E-state index is 13.6. The van der Waals surface area contributed by atoms with Crippen LogP contribution in [0, 0.1) is 11.3 Å². The number of imidazole rings is 1. The Morgan fingerprint density at radius 2 is 1.30 bits per heavy atom. The van der Waals surface area contributed by atoms with Gasteiger partial charge >= 0.3 is 17.9 Å². The Labute approximate surface area is 588 Å². The van der Waals surface area contributed by atoms with Gasteiger partial charge in [0.15, 0.2) is 41.7 Å². The molecule has 0 spiro atoms. The number of carbonyl (C=O) groups is 6. The number of benzene rings is 4. The predicted molar refractivity (Wildman–Crippen MR) is 365 cm³/mol. The summed E-state index contributed by atoms with van der Waals surface area (Å²) in [6, 6.07) is 34.7. The van der Waals surface area contributed by atoms with Gasteiger partial charge in [0.1, 0.15) is 67.3 Å². The maximum atomic E-state index is 13.6. The maximum Gasteiger partial charge on any atom is 0.303 e. The highest BCUT2D eigenvalue weighted by Crippen LogP contribution is 2.52. The van der Waals surface area contributed by atoms with Gasteiger partial charge in [-0.1, -0.05) is 72.8 Å². The number of carbonyl (C=O) groups excluding carboxylic acids is 6. The highest BCUT2D eigenvalue weighted by atomic mass is 31.2. The zero-order valence-corrected chi connectivity index (χ0v) is 59.3. The predicted octanol–water partition coefficient (Wildman–Crippen LogP) is 8.00. The molecule has 0 saturated carbocycles. The number of ether oxygens (including phenoxy) is 12. The van der Waals surface area contributed by atoms with E-state index in [1.165, 1.54) is 26.5 Å². The van der Waals surface area contributed by atoms with Crippen molar-refractivity contribution in [1.82, 2.24) is 34.8 Å². The average Bonchev–Trinajstić information content (AvgIpc) is 1.74. The first-order chi connectivity index (χ1) is 48.8. The Bertz CT molecular complexity index is 3610. The molecule has 3 N–H and O–H groups in total. The van der Waals surface area contributed by atoms with E-state index < -0.39 is 99.0 Å². The number of nitrogens with zero attached hydrogens (tertiary/aromatic N) is 6. The molecule has 2 fully saturated rings. The van der Waals surface area contributed by atoms with E-state index in [4.69, 9.17) is 70.9 Å². The first-order valence-electron chi connectivity index (χ1n) is 33.2. The van der Waals surface area contributed by atoms with Crippen molar-refractivity contribution in [2.75, 3.05) is 79.1 Å². The van der Waals surface area contributed by atoms with Crippen LogP contribution in [0.2, 0.25) is 0 Å². The number of hydrogen-bond donors (Lipinski definition) is 3. The molecule has 3 amide bonds. The second kappa shape index (κ2) is 39.0. The summed E-state index contributed by atoms with van der Waals surface area (Å²) >= 11 is 0. The number of nitrogens with one attached hydrogen (secondary N) is 3. The first kappa shape index (κ1) is 78.1. The van der Waals surface area contributed by atoms with Crippen LogP contribution < -0.4 is 25.4 Å². The molecule has 2 aliphatic rings. The number of unbranched alkanes of at least 4 members (excludes halogenated alkanes) is 1. The van der Waals surface area contributed by atoms with Crippen molar-refractivity contribution in [2.45, 2.75) is 154 Å². The van der Waals surface area contributed by atoms with E-state index >= 15 is 0 Å². The van der Waals surface area contributed by atoms with Gasteiger partial charge in [-0.15, -0.1) is 0 Å². The van der Waals surface area contributed by atoms with Crippen LogP contribution in [-0.2, 0) is 86.0 Å². The number of rotatable bonds is 39. The van der Waals surface area contributed by atoms with Crippen LogP contribution in [0.5, 0.6) is 11.5 Å². The van der Waals surface area contributed by atoms with Crippen LogP contribution in [0.25, 0.3) is 11.2 Å². The van der Waals surface area contributed by atoms with Crippen molar-refractivity contribution < 1.29 is 94.7 Å². The SMILES string of the molecule is COc1ccc(C(OC[C@H]2O[C@@H](n3cnc4c(NC(=O)c5ccccc5)ncnc43)[C@H](OCOCCOCCNC(=O)CCCCO[C@H]3O[C@@H](COC(C)=O)[C@@H](OC(C)=O)[C@@H](OC(C)=O)[C@@H]3NC(C)=O)[C@@H]2OP(OCCC#N)N(C(C)C)C(C)C)(c2ccccc2)c2ccc(OC)cc2)cc1. The monoisotopic (exact) mass is 1420 g/mol. The van der Waals surface area contributed by atoms with Gasteiger partial charge in [0.2, 0.25) is 11.8 Å². The molecule has 4 heterocycles. The summed E-state index contributed by atoms with van der Waals surface area (Å²) in [4.78, 5) is 89.0. The van der Waals surface area contributed by atoms with Crippen molar-refractivity contribution >= 4 is 61.1 Å². The Kier molecular flexibility index (Phi) is 30.1. The van der Waals surface area contributed by atoms with E-state index in [2.05, 4.69) is 36.7 Å². The molecular weight excluding hydrogens is 1330 g/mol. The number of nitriles is 1. The highest BCUT2D eigenvalue weighted by Gasteiger charge is 2.53. The lowest BCUT2D eigenvalue weighted by atomic mass is 9.80. The van der Waals surface area contributed by atoms with Crippen LogP contribution >= 0.6 is 8.53 Å². The number of fused-ring (bicyclic) bond motifs is 1. The Hall–Kier alpha value is -8.63. The molecule has 6 aromatic rings. The molecular formula is C71H90N9O20P. The molecule has 544 valence electrons. The van der Waals surface area contributed by atoms with Gasteiger partial charge in [-0.3, -0.25) is 33.3 Å². The van der Waals surface area contributed by atoms with Gasteiger partial charge in [0, 0.05) is 64.9 Å². The quantitative estimate of drug-likeness (QED) is 0.00821. The summed E-state index contributed by atoms with van der Waals surface area (Å²) < 4.78 is 90.9. The fourth-order valence-electron chi connectivity index (χ4n) is 11.7. The molecule has 30 heteroatoms. The molecule has 2 saturated heterocycles. The number of anilines is 1. The molecule has 101 heavy (non-hydrogen) atoms. The average molecular weight is 1420 g/mol. The molecule has 0 radical (unpaired) electrons. The molecule has 4 aromatic carbocycles. The zero-order valence-electron chi connectivity index (χ0n) is 58.4. The van der Waals surface area contributed by atoms with E-state index in [1.807, 2.05) is 113 Å². The molecule has 0 bridgehead atoms. The van der Waals surface area contributed by atoms with Gasteiger partial charge in [-0.2, -0.15) is 5.26 Å². The molecule has 2 aliphatic heterocycles. The van der Waals surface area contributed by atoms with Crippen LogP contribution in [0.15, 0.2) is 122 Å². The van der Waals surface area contributed by atoms with E-state index in [0.717, 1.165) is 30.5 Å². The molecule has 2 aromatic heterocycles. The largest absolute Gasteiger partial charge is 0.497 e. The highest BCUT2D eigenvalue weighted by molar-refractivity contribution is 7.44. The minimum Gasteiger partial charge on any atom is -0.497 e. The minimum atomic E-state index is -1.98. The summed E-state index contributed by atoms with van der Waals surface area (Å²) in [5.74, 6) is -1.85. The van der Waals surface area contributed by atoms with Crippen LogP contribution in [0.3, 0.4) is 0 Å². The van der Waals surface area contributed by atoms with Gasteiger partial charge < -0.3 is 81.8 Å². The fraction of sp³-hybridized carbons (Fsp3) is 0.493. The third-order valence-corrected chi connectivity index (χ3v) is 18.3. The summed E-state index contributed by atoms with van der Waals surface area (Å²) in [5, 5.41) is 18.2. The topological polar surface area (TPSA) is 338 Å². The third kappa shape index (κ3) is 21.5. The lowest BCUT2D eigenvalue weighted by Gasteiger charge is -2.44. The number of methoxy groups -OCH3 is 2. The fourth-order valence-corrected chi connectivity index (χ4v) is 13.5. The molecule has 29 nitrogen and oxygen atoms in total. The smallest absolute Gasteiger partial charge is 0.303 e. The Balaban J connectivity index is 0.988. The minimum absolute atomic E-state index is 0.0377. The Morgan fingerprint density at radius 1 is 0.673 bits per heavy atom. The number of hydrogen-bond acceptors (Lipinski definition) is 25. The van der Waals surface area contributed by atoms with Crippen LogP contribution in [0.1, 0.15) is 114 Å². The van der Waals surface area contributed by atoms with Crippen molar-refractivity contribution in [3.63, 3.8) is 0 Å². The number of aromatic nitrogens is 4. The summed E-state index contributed by atoms with van der Waals surface area (Å²) in [7, 11) is 1.23. The first-order valence-corrected chi connectivity index (χ1v) is 34.4. The number of esters is 3. The van der Waals surface area contributed by atoms with Crippen molar-refractivity contribution in [3.05, 3.63) is 144 Å². The normalized spacial score (nSPS) is 20.1. The van der Waals surface area contributed by atoms with E-state index in [-0.39, 0.29) is 107 Å². The van der Waals surface area contributed by atoms with Gasteiger partial charge in [-0.25, -0.2) is 19.6 Å². The molecule has 1 unspecified atom stereocenters. The lowest BCUT2D eigenvalue weighted by molar-refractivity contribution is -0.277. The van der Waals surface area contributed by atoms with Crippen LogP contribution in [-0.4, -0.2) is 195 Å². The van der Waals surface area contributed by atoms with E-state index in [9.17, 15) is 34.0 Å². The third-order valence-electron chi connectivity index (χ3n) is 16.1. The molecule has 10 atom stereocenters. The van der Waals surface area contributed by atoms with Crippen LogP contribution in [0.4, 0.5) is 5.82 Å². The van der Waals surface area contributed by atoms with Gasteiger partial charge in [-0.05, 0) is 93.6 Å². The van der Waals surface area contributed by atoms with Crippen molar-refractivity contribution in [3.8, 4) is 17.6 Å². The van der Waals surface area contributed by atoms with E-state index in [1.54, 1.807) is 43.1 Å². The van der Waals surface area contributed by atoms with Crippen molar-refractivity contribution in [1.29, 1.82) is 5.26 Å². The summed E-state index contributed by atoms with van der Waals surface area (Å²) in [6.07, 6.45) is -5.21. The second-order valence-electron chi connectivity index (χ2n) is 24.0. The molecule has 8 rings (SSSR count). The standard InChI is InChI=1S/C71H90N9O20P/c1-45(2)80(46(3)4)101(95-36-19-33-72)100-63-58(41-94-71(52-22-15-12-16-23-52,53-25-29-55(87-9)30-26-53)54-27-31-56(88-10)32-28-54)98-69(79-43-76-61-66(74-42-75-67(61)79)78-68(86)51-20-13-11-14-21-51)65(63)93-44-90-39-38-89-37-34-73-59(85)24-17-18-35-91-70-60(77-47(5)81)64(97-50(8)84)62(96-49(7)83)57(99-70)40-92-48(6)82/h11-16,20-23,25-32,42-43,45-46,57-58,60,62-65,69-70H,17-19,24,34-41,44H2,1-10H3,(H,73,85)(H,77,81)(H,74,75,78,86)/t57-,58+,60-,62+,63+,64-,65+,69+,70-,101?/m0/s1. The summed E-state index contributed by atoms with van der Waals surface area (Å²) in [5.41, 5.74) is 1.97. The Morgan fingerprint density at radius 3 is 1.91 bits per heavy atom. The number of amides is 3. The van der Waals surface area contributed by atoms with Gasteiger partial charge in [0.05, 0.1) is 66.1 Å². The lowest BCUT2D eigenvalue weighted by Crippen LogP contribution is -2.66. The van der Waals surface area contributed by atoms with E-state index in [0.29, 0.717) is 29.9 Å². The second-order valence-corrected chi connectivity index (χ2v) is 25.4. The zero-order chi connectivity index (χ0) is 72.4. The van der Waals surface area contributed by atoms with Gasteiger partial charge in [0.25, 0.3) is 14.4 Å². The molecule has 0 aliphatic carbocycles. The summed E-state index contributed by atoms with van der Waals surface area (Å²) in [6.45, 7) is 12.6.